The number of nitrogens with two attached hydrogens (primary N) is 1. The molecule has 2 saturated heterocycles. The molecular weight excluding hydrogens is 244 g/mol. The van der Waals surface area contributed by atoms with Crippen molar-refractivity contribution in [2.24, 2.45) is 5.73 Å². The van der Waals surface area contributed by atoms with Crippen LogP contribution in [0, 0.1) is 0 Å². The molecule has 0 radical (unpaired) electrons. The second-order valence-electron chi connectivity index (χ2n) is 4.46. The van der Waals surface area contributed by atoms with E-state index in [1.165, 1.54) is 16.7 Å². The Hall–Kier alpha value is -0.790. The van der Waals surface area contributed by atoms with E-state index in [9.17, 15) is 9.59 Å². The first kappa shape index (κ1) is 12.7. The van der Waals surface area contributed by atoms with Gasteiger partial charge in [0.15, 0.2) is 0 Å². The number of hydrogen-bond acceptors (Lipinski definition) is 5. The van der Waals surface area contributed by atoms with Crippen LogP contribution >= 0.6 is 11.8 Å². The fourth-order valence-corrected chi connectivity index (χ4v) is 3.32. The van der Waals surface area contributed by atoms with Crippen LogP contribution in [-0.2, 0) is 14.3 Å². The summed E-state index contributed by atoms with van der Waals surface area (Å²) in [7, 11) is 0. The molecule has 96 valence electrons. The highest BCUT2D eigenvalue weighted by molar-refractivity contribution is 8.00. The summed E-state index contributed by atoms with van der Waals surface area (Å²) < 4.78 is 5.15. The van der Waals surface area contributed by atoms with Gasteiger partial charge in [0.1, 0.15) is 11.6 Å². The zero-order valence-corrected chi connectivity index (χ0v) is 10.4. The Morgan fingerprint density at radius 3 is 2.82 bits per heavy atom. The second kappa shape index (κ2) is 4.47. The number of carbonyl (C=O) groups excluding carboxylic acids is 1. The summed E-state index contributed by atoms with van der Waals surface area (Å²) in [5, 5.41) is 8.95. The van der Waals surface area contributed by atoms with Crippen molar-refractivity contribution in [1.82, 2.24) is 4.90 Å². The monoisotopic (exact) mass is 260 g/mol. The Morgan fingerprint density at radius 2 is 2.29 bits per heavy atom. The molecule has 0 aromatic heterocycles. The summed E-state index contributed by atoms with van der Waals surface area (Å²) >= 11 is 1.46. The molecule has 17 heavy (non-hydrogen) atoms. The summed E-state index contributed by atoms with van der Waals surface area (Å²) in [6, 6.07) is -0.775. The van der Waals surface area contributed by atoms with Gasteiger partial charge in [-0.3, -0.25) is 4.79 Å². The van der Waals surface area contributed by atoms with E-state index in [0.29, 0.717) is 18.8 Å². The first-order chi connectivity index (χ1) is 7.96. The maximum absolute atomic E-state index is 12.3. The predicted octanol–water partition coefficient (Wildman–Crippen LogP) is -0.521. The molecule has 0 saturated carbocycles. The normalized spacial score (nSPS) is 37.4. The van der Waals surface area contributed by atoms with Gasteiger partial charge in [0.05, 0.1) is 12.0 Å². The zero-order chi connectivity index (χ0) is 12.6. The molecule has 0 aliphatic carbocycles. The Bertz CT molecular complexity index is 343. The molecule has 0 spiro atoms. The molecule has 2 aliphatic rings. The molecule has 2 rings (SSSR count). The van der Waals surface area contributed by atoms with E-state index in [1.54, 1.807) is 0 Å². The highest BCUT2D eigenvalue weighted by Crippen LogP contribution is 2.32. The molecule has 0 aromatic carbocycles. The van der Waals surface area contributed by atoms with Crippen LogP contribution in [0.5, 0.6) is 0 Å². The molecular formula is C10H16N2O4S. The molecule has 3 atom stereocenters. The fourth-order valence-electron chi connectivity index (χ4n) is 2.15. The molecule has 6 nitrogen and oxygen atoms in total. The van der Waals surface area contributed by atoms with Crippen molar-refractivity contribution >= 4 is 23.6 Å². The van der Waals surface area contributed by atoms with E-state index >= 15 is 0 Å². The van der Waals surface area contributed by atoms with E-state index in [1.807, 2.05) is 6.92 Å². The smallest absolute Gasteiger partial charge is 0.327 e. The van der Waals surface area contributed by atoms with Crippen LogP contribution in [0.25, 0.3) is 0 Å². The number of nitrogens with zero attached hydrogens (tertiary/aromatic N) is 1. The summed E-state index contributed by atoms with van der Waals surface area (Å²) in [5.74, 6) is -0.864. The lowest BCUT2D eigenvalue weighted by molar-refractivity contribution is -0.151. The molecule has 0 bridgehead atoms. The van der Waals surface area contributed by atoms with Crippen LogP contribution in [-0.4, -0.2) is 57.8 Å². The van der Waals surface area contributed by atoms with Crippen molar-refractivity contribution in [2.75, 3.05) is 19.0 Å². The standard InChI is InChI=1S/C10H16N2O4S/c1-6-12(7(4-17-6)8(13)14)9(15)10(11)2-3-16-5-10/h6-7H,2-5,11H2,1H3,(H,13,14). The summed E-state index contributed by atoms with van der Waals surface area (Å²) in [6.07, 6.45) is 0.450. The van der Waals surface area contributed by atoms with Crippen molar-refractivity contribution < 1.29 is 19.4 Å². The lowest BCUT2D eigenvalue weighted by atomic mass is 9.97. The molecule has 1 amide bonds. The summed E-state index contributed by atoms with van der Waals surface area (Å²) in [6.45, 7) is 2.45. The van der Waals surface area contributed by atoms with Crippen LogP contribution in [0.15, 0.2) is 0 Å². The number of aliphatic carboxylic acids is 1. The number of thioether (sulfide) groups is 1. The number of hydrogen-bond donors (Lipinski definition) is 2. The quantitative estimate of drug-likeness (QED) is 0.694. The van der Waals surface area contributed by atoms with Gasteiger partial charge in [-0.25, -0.2) is 4.79 Å². The first-order valence-corrected chi connectivity index (χ1v) is 6.54. The fraction of sp³-hybridized carbons (Fsp3) is 0.800. The highest BCUT2D eigenvalue weighted by Gasteiger charge is 2.48. The van der Waals surface area contributed by atoms with Crippen LogP contribution in [0.4, 0.5) is 0 Å². The molecule has 0 aromatic rings. The van der Waals surface area contributed by atoms with Gasteiger partial charge >= 0.3 is 5.97 Å². The van der Waals surface area contributed by atoms with Crippen LogP contribution in [0.3, 0.4) is 0 Å². The van der Waals surface area contributed by atoms with Gasteiger partial charge in [-0.2, -0.15) is 0 Å². The number of carboxylic acid groups (broad SMARTS) is 1. The van der Waals surface area contributed by atoms with E-state index in [2.05, 4.69) is 0 Å². The molecule has 2 fully saturated rings. The van der Waals surface area contributed by atoms with E-state index in [4.69, 9.17) is 15.6 Å². The molecule has 2 aliphatic heterocycles. The van der Waals surface area contributed by atoms with Gasteiger partial charge in [0, 0.05) is 12.4 Å². The van der Waals surface area contributed by atoms with Crippen LogP contribution in [0.1, 0.15) is 13.3 Å². The summed E-state index contributed by atoms with van der Waals surface area (Å²) in [5.41, 5.74) is 4.94. The van der Waals surface area contributed by atoms with E-state index in [-0.39, 0.29) is 17.9 Å². The third-order valence-corrected chi connectivity index (χ3v) is 4.44. The van der Waals surface area contributed by atoms with Crippen molar-refractivity contribution in [2.45, 2.75) is 30.3 Å². The Labute approximate surface area is 103 Å². The number of carboxylic acids is 1. The van der Waals surface area contributed by atoms with Crippen molar-refractivity contribution in [1.29, 1.82) is 0 Å². The summed E-state index contributed by atoms with van der Waals surface area (Å²) in [4.78, 5) is 24.8. The second-order valence-corrected chi connectivity index (χ2v) is 5.81. The van der Waals surface area contributed by atoms with Gasteiger partial charge in [-0.05, 0) is 13.3 Å². The molecule has 3 unspecified atom stereocenters. The maximum atomic E-state index is 12.3. The first-order valence-electron chi connectivity index (χ1n) is 5.49. The number of carbonyl (C=O) groups is 2. The molecule has 7 heteroatoms. The number of ether oxygens (including phenoxy) is 1. The van der Waals surface area contributed by atoms with Gasteiger partial charge in [-0.1, -0.05) is 0 Å². The Kier molecular flexibility index (Phi) is 3.33. The Balaban J connectivity index is 2.19. The highest BCUT2D eigenvalue weighted by atomic mass is 32.2. The SMILES string of the molecule is CC1SCC(C(=O)O)N1C(=O)C1(N)CCOC1. The van der Waals surface area contributed by atoms with E-state index in [0.717, 1.165) is 0 Å². The lowest BCUT2D eigenvalue weighted by Gasteiger charge is -2.32. The van der Waals surface area contributed by atoms with Crippen molar-refractivity contribution in [3.8, 4) is 0 Å². The zero-order valence-electron chi connectivity index (χ0n) is 9.59. The maximum Gasteiger partial charge on any atom is 0.327 e. The largest absolute Gasteiger partial charge is 0.480 e. The van der Waals surface area contributed by atoms with Gasteiger partial charge in [0.2, 0.25) is 5.91 Å². The average Bonchev–Trinajstić information content (AvgIpc) is 2.85. The van der Waals surface area contributed by atoms with E-state index < -0.39 is 17.6 Å². The minimum Gasteiger partial charge on any atom is -0.480 e. The van der Waals surface area contributed by atoms with Crippen LogP contribution < -0.4 is 5.73 Å². The minimum absolute atomic E-state index is 0.148. The average molecular weight is 260 g/mol. The third kappa shape index (κ3) is 2.14. The minimum atomic E-state index is -1.05. The van der Waals surface area contributed by atoms with Crippen molar-refractivity contribution in [3.63, 3.8) is 0 Å². The van der Waals surface area contributed by atoms with Crippen molar-refractivity contribution in [3.05, 3.63) is 0 Å². The predicted molar refractivity (Wildman–Crippen MR) is 62.5 cm³/mol. The Morgan fingerprint density at radius 1 is 1.59 bits per heavy atom. The molecule has 2 heterocycles. The number of amides is 1. The topological polar surface area (TPSA) is 92.9 Å². The number of rotatable bonds is 2. The third-order valence-electron chi connectivity index (χ3n) is 3.22. The van der Waals surface area contributed by atoms with Gasteiger partial charge in [-0.15, -0.1) is 11.8 Å². The molecule has 3 N–H and O–H groups in total. The van der Waals surface area contributed by atoms with Crippen LogP contribution in [0.2, 0.25) is 0 Å². The lowest BCUT2D eigenvalue weighted by Crippen LogP contribution is -2.59. The van der Waals surface area contributed by atoms with Gasteiger partial charge < -0.3 is 20.5 Å². The van der Waals surface area contributed by atoms with Gasteiger partial charge in [0.25, 0.3) is 0 Å².